The molecule has 0 unspecified atom stereocenters. The zero-order valence-corrected chi connectivity index (χ0v) is 5.87. The molecule has 0 aromatic carbocycles. The SMILES string of the molecule is C=CS/C=C(/C)CN. The Morgan fingerprint density at radius 2 is 2.50 bits per heavy atom. The topological polar surface area (TPSA) is 26.0 Å². The Hall–Kier alpha value is -0.210. The summed E-state index contributed by atoms with van der Waals surface area (Å²) in [5, 5.41) is 3.77. The third-order valence-electron chi connectivity index (χ3n) is 0.687. The Balaban J connectivity index is 3.40. The van der Waals surface area contributed by atoms with Crippen molar-refractivity contribution >= 4 is 11.8 Å². The average Bonchev–Trinajstić information content (AvgIpc) is 1.83. The first-order valence-electron chi connectivity index (χ1n) is 2.43. The summed E-state index contributed by atoms with van der Waals surface area (Å²) in [6, 6.07) is 0. The Bertz CT molecular complexity index is 96.7. The molecule has 1 nitrogen and oxygen atoms in total. The molecule has 0 amide bonds. The van der Waals surface area contributed by atoms with Crippen molar-refractivity contribution in [1.82, 2.24) is 0 Å². The van der Waals surface area contributed by atoms with E-state index in [2.05, 4.69) is 6.58 Å². The highest BCUT2D eigenvalue weighted by atomic mass is 32.2. The van der Waals surface area contributed by atoms with Crippen LogP contribution in [0.3, 0.4) is 0 Å². The molecular weight excluding hydrogens is 118 g/mol. The van der Waals surface area contributed by atoms with Gasteiger partial charge in [-0.15, -0.1) is 11.8 Å². The molecule has 0 radical (unpaired) electrons. The normalized spacial score (nSPS) is 11.5. The smallest absolute Gasteiger partial charge is 0.0142 e. The number of nitrogens with two attached hydrogens (primary N) is 1. The van der Waals surface area contributed by atoms with Crippen molar-refractivity contribution in [1.29, 1.82) is 0 Å². The van der Waals surface area contributed by atoms with Crippen LogP contribution in [-0.2, 0) is 0 Å². The fourth-order valence-electron chi connectivity index (χ4n) is 0.212. The summed E-state index contributed by atoms with van der Waals surface area (Å²) in [5.41, 5.74) is 6.49. The second-order valence-electron chi connectivity index (χ2n) is 1.47. The molecule has 0 spiro atoms. The first kappa shape index (κ1) is 7.79. The van der Waals surface area contributed by atoms with Crippen LogP contribution in [0, 0.1) is 0 Å². The zero-order chi connectivity index (χ0) is 6.41. The van der Waals surface area contributed by atoms with Gasteiger partial charge in [-0.25, -0.2) is 0 Å². The lowest BCUT2D eigenvalue weighted by molar-refractivity contribution is 1.15. The van der Waals surface area contributed by atoms with Crippen LogP contribution in [0.15, 0.2) is 23.0 Å². The molecule has 2 heteroatoms. The third-order valence-corrected chi connectivity index (χ3v) is 1.42. The first-order valence-corrected chi connectivity index (χ1v) is 3.37. The van der Waals surface area contributed by atoms with E-state index in [0.29, 0.717) is 6.54 Å². The van der Waals surface area contributed by atoms with Crippen LogP contribution in [0.5, 0.6) is 0 Å². The minimum atomic E-state index is 0.640. The molecule has 0 bridgehead atoms. The number of hydrogen-bond donors (Lipinski definition) is 1. The maximum absolute atomic E-state index is 5.30. The second kappa shape index (κ2) is 4.94. The summed E-state index contributed by atoms with van der Waals surface area (Å²) in [7, 11) is 0. The van der Waals surface area contributed by atoms with E-state index in [4.69, 9.17) is 5.73 Å². The quantitative estimate of drug-likeness (QED) is 0.628. The minimum absolute atomic E-state index is 0.640. The maximum atomic E-state index is 5.30. The van der Waals surface area contributed by atoms with Gasteiger partial charge in [0.25, 0.3) is 0 Å². The van der Waals surface area contributed by atoms with Gasteiger partial charge in [0, 0.05) is 6.54 Å². The van der Waals surface area contributed by atoms with E-state index in [-0.39, 0.29) is 0 Å². The van der Waals surface area contributed by atoms with Gasteiger partial charge in [0.1, 0.15) is 0 Å². The van der Waals surface area contributed by atoms with E-state index < -0.39 is 0 Å². The lowest BCUT2D eigenvalue weighted by Crippen LogP contribution is -1.98. The van der Waals surface area contributed by atoms with Gasteiger partial charge in [-0.3, -0.25) is 0 Å². The van der Waals surface area contributed by atoms with Crippen LogP contribution in [0.1, 0.15) is 6.92 Å². The van der Waals surface area contributed by atoms with Crippen molar-refractivity contribution in [3.05, 3.63) is 23.0 Å². The second-order valence-corrected chi connectivity index (χ2v) is 2.31. The van der Waals surface area contributed by atoms with Crippen LogP contribution in [0.4, 0.5) is 0 Å². The van der Waals surface area contributed by atoms with Crippen molar-refractivity contribution in [2.45, 2.75) is 6.92 Å². The Kier molecular flexibility index (Phi) is 4.81. The van der Waals surface area contributed by atoms with E-state index in [1.807, 2.05) is 12.3 Å². The molecule has 0 fully saturated rings. The van der Waals surface area contributed by atoms with E-state index in [9.17, 15) is 0 Å². The van der Waals surface area contributed by atoms with E-state index in [0.717, 1.165) is 0 Å². The Labute approximate surface area is 54.6 Å². The Morgan fingerprint density at radius 3 is 2.88 bits per heavy atom. The van der Waals surface area contributed by atoms with Crippen molar-refractivity contribution in [2.75, 3.05) is 6.54 Å². The molecule has 0 saturated carbocycles. The lowest BCUT2D eigenvalue weighted by Gasteiger charge is -1.89. The lowest BCUT2D eigenvalue weighted by atomic mass is 10.4. The summed E-state index contributed by atoms with van der Waals surface area (Å²) in [6.07, 6.45) is 0. The molecule has 46 valence electrons. The molecule has 0 aromatic heterocycles. The van der Waals surface area contributed by atoms with Crippen molar-refractivity contribution in [3.8, 4) is 0 Å². The molecule has 0 heterocycles. The first-order chi connectivity index (χ1) is 3.81. The number of thioether (sulfide) groups is 1. The highest BCUT2D eigenvalue weighted by Gasteiger charge is 1.78. The highest BCUT2D eigenvalue weighted by molar-refractivity contribution is 8.04. The highest BCUT2D eigenvalue weighted by Crippen LogP contribution is 2.04. The van der Waals surface area contributed by atoms with E-state index >= 15 is 0 Å². The zero-order valence-electron chi connectivity index (χ0n) is 5.05. The van der Waals surface area contributed by atoms with Gasteiger partial charge in [0.2, 0.25) is 0 Å². The van der Waals surface area contributed by atoms with E-state index in [1.165, 1.54) is 5.57 Å². The van der Waals surface area contributed by atoms with Gasteiger partial charge in [0.15, 0.2) is 0 Å². The van der Waals surface area contributed by atoms with Crippen molar-refractivity contribution in [2.24, 2.45) is 5.73 Å². The van der Waals surface area contributed by atoms with Crippen LogP contribution in [-0.4, -0.2) is 6.54 Å². The summed E-state index contributed by atoms with van der Waals surface area (Å²) < 4.78 is 0. The van der Waals surface area contributed by atoms with Crippen LogP contribution >= 0.6 is 11.8 Å². The van der Waals surface area contributed by atoms with Crippen LogP contribution < -0.4 is 5.73 Å². The van der Waals surface area contributed by atoms with Gasteiger partial charge < -0.3 is 5.73 Å². The summed E-state index contributed by atoms with van der Waals surface area (Å²) >= 11 is 1.56. The number of hydrogen-bond acceptors (Lipinski definition) is 2. The monoisotopic (exact) mass is 129 g/mol. The largest absolute Gasteiger partial charge is 0.327 e. The van der Waals surface area contributed by atoms with Crippen LogP contribution in [0.25, 0.3) is 0 Å². The standard InChI is InChI=1S/C6H11NS/c1-3-8-5-6(2)4-7/h3,5H,1,4,7H2,2H3/b6-5-. The molecule has 8 heavy (non-hydrogen) atoms. The Morgan fingerprint density at radius 1 is 1.88 bits per heavy atom. The van der Waals surface area contributed by atoms with Gasteiger partial charge in [-0.05, 0) is 17.7 Å². The molecule has 0 atom stereocenters. The molecule has 0 saturated heterocycles. The molecule has 0 rings (SSSR count). The molecule has 2 N–H and O–H groups in total. The molecule has 0 aromatic rings. The third kappa shape index (κ3) is 3.96. The van der Waals surface area contributed by atoms with Gasteiger partial charge >= 0.3 is 0 Å². The number of rotatable bonds is 3. The van der Waals surface area contributed by atoms with E-state index in [1.54, 1.807) is 17.2 Å². The van der Waals surface area contributed by atoms with Gasteiger partial charge in [-0.1, -0.05) is 12.2 Å². The maximum Gasteiger partial charge on any atom is 0.0142 e. The van der Waals surface area contributed by atoms with Crippen LogP contribution in [0.2, 0.25) is 0 Å². The average molecular weight is 129 g/mol. The van der Waals surface area contributed by atoms with Gasteiger partial charge in [0.05, 0.1) is 0 Å². The predicted molar refractivity (Wildman–Crippen MR) is 40.6 cm³/mol. The molecule has 0 aliphatic carbocycles. The molecular formula is C6H11NS. The summed E-state index contributed by atoms with van der Waals surface area (Å²) in [4.78, 5) is 0. The minimum Gasteiger partial charge on any atom is -0.327 e. The summed E-state index contributed by atoms with van der Waals surface area (Å²) in [5.74, 6) is 0. The fourth-order valence-corrected chi connectivity index (χ4v) is 0.637. The predicted octanol–water partition coefficient (Wildman–Crippen LogP) is 1.73. The summed E-state index contributed by atoms with van der Waals surface area (Å²) in [6.45, 7) is 6.18. The molecule has 0 aliphatic rings. The molecule has 0 aliphatic heterocycles. The van der Waals surface area contributed by atoms with Crippen molar-refractivity contribution < 1.29 is 0 Å². The van der Waals surface area contributed by atoms with Crippen molar-refractivity contribution in [3.63, 3.8) is 0 Å². The van der Waals surface area contributed by atoms with Gasteiger partial charge in [-0.2, -0.15) is 0 Å². The fraction of sp³-hybridized carbons (Fsp3) is 0.333.